The lowest BCUT2D eigenvalue weighted by molar-refractivity contribution is -0.131. The van der Waals surface area contributed by atoms with Gasteiger partial charge in [0.05, 0.1) is 42.4 Å². The second-order valence-corrected chi connectivity index (χ2v) is 14.9. The molecule has 1 N–H and O–H groups in total. The number of halogens is 1. The molecular weight excluding hydrogens is 678 g/mol. The fourth-order valence-corrected chi connectivity index (χ4v) is 9.00. The molecule has 1 atom stereocenters. The first-order valence-electron chi connectivity index (χ1n) is 18.1. The number of carbonyl (C=O) groups excluding carboxylic acids is 2. The Balaban J connectivity index is 1.05. The van der Waals surface area contributed by atoms with Crippen LogP contribution in [0.1, 0.15) is 54.6 Å². The molecule has 4 aromatic rings. The SMILES string of the molecule is COc1nc(-c2cccc(-c3cccc(-c4cc5c(c(OC)n4)[C@@H](N4CCN(C(C)=O)CC4)CC5)c3C)c2Cl)cnc1CN1CC2(CCC(=O)N2)C1. The molecule has 3 fully saturated rings. The van der Waals surface area contributed by atoms with Crippen molar-refractivity contribution in [2.45, 2.75) is 57.7 Å². The highest BCUT2D eigenvalue weighted by molar-refractivity contribution is 6.36. The summed E-state index contributed by atoms with van der Waals surface area (Å²) in [6, 6.07) is 14.7. The van der Waals surface area contributed by atoms with E-state index in [0.717, 1.165) is 97.7 Å². The van der Waals surface area contributed by atoms with Gasteiger partial charge in [-0.2, -0.15) is 0 Å². The van der Waals surface area contributed by atoms with E-state index in [2.05, 4.69) is 40.2 Å². The predicted molar refractivity (Wildman–Crippen MR) is 199 cm³/mol. The monoisotopic (exact) mass is 721 g/mol. The molecule has 2 amide bonds. The number of amides is 2. The summed E-state index contributed by atoms with van der Waals surface area (Å²) in [7, 11) is 3.31. The molecule has 3 aliphatic heterocycles. The molecule has 1 aliphatic carbocycles. The highest BCUT2D eigenvalue weighted by atomic mass is 35.5. The Morgan fingerprint density at radius 3 is 2.33 bits per heavy atom. The molecule has 52 heavy (non-hydrogen) atoms. The van der Waals surface area contributed by atoms with Crippen molar-refractivity contribution in [1.82, 2.24) is 35.0 Å². The topological polar surface area (TPSA) is 113 Å². The summed E-state index contributed by atoms with van der Waals surface area (Å²) in [5.74, 6) is 1.40. The molecule has 0 unspecified atom stereocenters. The number of piperazine rings is 1. The van der Waals surface area contributed by atoms with Crippen LogP contribution in [-0.4, -0.2) is 100 Å². The molecule has 270 valence electrons. The highest BCUT2D eigenvalue weighted by Gasteiger charge is 2.47. The van der Waals surface area contributed by atoms with Gasteiger partial charge in [-0.25, -0.2) is 9.97 Å². The summed E-state index contributed by atoms with van der Waals surface area (Å²) in [5, 5.41) is 3.72. The zero-order valence-electron chi connectivity index (χ0n) is 30.2. The molecule has 2 aromatic heterocycles. The Kier molecular flexibility index (Phi) is 9.13. The maximum Gasteiger partial charge on any atom is 0.237 e. The number of nitrogens with one attached hydrogen (secondary N) is 1. The summed E-state index contributed by atoms with van der Waals surface area (Å²) in [4.78, 5) is 45.0. The third-order valence-electron chi connectivity index (χ3n) is 11.4. The maximum absolute atomic E-state index is 11.9. The minimum atomic E-state index is -0.0957. The fraction of sp³-hybridized carbons (Fsp3) is 0.425. The number of rotatable bonds is 8. The zero-order chi connectivity index (χ0) is 36.1. The second-order valence-electron chi connectivity index (χ2n) is 14.5. The van der Waals surface area contributed by atoms with Gasteiger partial charge in [0.15, 0.2) is 0 Å². The fourth-order valence-electron chi connectivity index (χ4n) is 8.67. The number of hydrogen-bond donors (Lipinski definition) is 1. The van der Waals surface area contributed by atoms with Crippen LogP contribution in [0.3, 0.4) is 0 Å². The summed E-state index contributed by atoms with van der Waals surface area (Å²) < 4.78 is 11.7. The molecule has 11 nitrogen and oxygen atoms in total. The Labute approximate surface area is 309 Å². The first-order chi connectivity index (χ1) is 25.2. The molecular formula is C40H44ClN7O4. The Bertz CT molecular complexity index is 2060. The van der Waals surface area contributed by atoms with Gasteiger partial charge >= 0.3 is 0 Å². The van der Waals surface area contributed by atoms with Gasteiger partial charge in [-0.15, -0.1) is 0 Å². The number of ether oxygens (including phenoxy) is 2. The van der Waals surface area contributed by atoms with Crippen LogP contribution in [0.15, 0.2) is 48.7 Å². The van der Waals surface area contributed by atoms with E-state index in [0.29, 0.717) is 35.4 Å². The number of hydrogen-bond acceptors (Lipinski definition) is 9. The Hall–Kier alpha value is -4.58. The predicted octanol–water partition coefficient (Wildman–Crippen LogP) is 5.47. The van der Waals surface area contributed by atoms with Gasteiger partial charge in [-0.3, -0.25) is 24.4 Å². The first-order valence-corrected chi connectivity index (χ1v) is 18.4. The molecule has 12 heteroatoms. The van der Waals surface area contributed by atoms with E-state index in [1.807, 2.05) is 29.2 Å². The minimum Gasteiger partial charge on any atom is -0.481 e. The third kappa shape index (κ3) is 6.18. The number of pyridine rings is 1. The van der Waals surface area contributed by atoms with Gasteiger partial charge in [0.2, 0.25) is 23.6 Å². The van der Waals surface area contributed by atoms with E-state index >= 15 is 0 Å². The summed E-state index contributed by atoms with van der Waals surface area (Å²) >= 11 is 7.21. The summed E-state index contributed by atoms with van der Waals surface area (Å²) in [6.45, 7) is 9.13. The summed E-state index contributed by atoms with van der Waals surface area (Å²) in [5.41, 5.74) is 9.36. The number of fused-ring (bicyclic) bond motifs is 1. The van der Waals surface area contributed by atoms with Gasteiger partial charge in [0.1, 0.15) is 5.69 Å². The maximum atomic E-state index is 11.9. The standard InChI is InChI=1S/C40H44ClN7O4/c1-24-27(7-5-8-28(24)31-19-26-11-12-34(36(26)39(43-31)52-4)48-17-15-47(16-18-48)25(2)49)29-9-6-10-30(37(29)41)32-20-42-33(38(44-32)51-3)21-46-22-40(23-46)14-13-35(50)45-40/h5-10,19-20,34H,11-18,21-23H2,1-4H3,(H,45,50)/t34-/m0/s1. The van der Waals surface area contributed by atoms with E-state index in [1.165, 1.54) is 11.1 Å². The van der Waals surface area contributed by atoms with Crippen molar-refractivity contribution in [2.75, 3.05) is 53.5 Å². The molecule has 3 saturated heterocycles. The number of aromatic nitrogens is 3. The highest BCUT2D eigenvalue weighted by Crippen LogP contribution is 2.45. The number of carbonyl (C=O) groups is 2. The molecule has 5 heterocycles. The van der Waals surface area contributed by atoms with Crippen molar-refractivity contribution < 1.29 is 19.1 Å². The molecule has 8 rings (SSSR count). The normalized spacial score (nSPS) is 19.8. The van der Waals surface area contributed by atoms with E-state index in [1.54, 1.807) is 27.3 Å². The lowest BCUT2D eigenvalue weighted by Crippen LogP contribution is -2.66. The van der Waals surface area contributed by atoms with Gasteiger partial charge in [0, 0.05) is 87.5 Å². The third-order valence-corrected chi connectivity index (χ3v) is 11.8. The quantitative estimate of drug-likeness (QED) is 0.253. The molecule has 2 aromatic carbocycles. The lowest BCUT2D eigenvalue weighted by Gasteiger charge is -2.47. The Morgan fingerprint density at radius 1 is 0.942 bits per heavy atom. The molecule has 4 aliphatic rings. The summed E-state index contributed by atoms with van der Waals surface area (Å²) in [6.07, 6.45) is 5.19. The number of benzene rings is 2. The van der Waals surface area contributed by atoms with Crippen molar-refractivity contribution in [3.05, 3.63) is 76.1 Å². The molecule has 0 saturated carbocycles. The van der Waals surface area contributed by atoms with Crippen LogP contribution in [0.25, 0.3) is 33.6 Å². The van der Waals surface area contributed by atoms with Gasteiger partial charge < -0.3 is 19.7 Å². The molecule has 1 spiro atoms. The van der Waals surface area contributed by atoms with E-state index < -0.39 is 0 Å². The lowest BCUT2D eigenvalue weighted by atomic mass is 9.88. The van der Waals surface area contributed by atoms with E-state index in [4.69, 9.17) is 36.0 Å². The van der Waals surface area contributed by atoms with Crippen LogP contribution in [0.5, 0.6) is 11.8 Å². The van der Waals surface area contributed by atoms with Crippen LogP contribution in [0.2, 0.25) is 5.02 Å². The van der Waals surface area contributed by atoms with Gasteiger partial charge in [-0.05, 0) is 48.9 Å². The van der Waals surface area contributed by atoms with Gasteiger partial charge in [0.25, 0.3) is 0 Å². The second kappa shape index (κ2) is 13.8. The molecule has 0 radical (unpaired) electrons. The van der Waals surface area contributed by atoms with E-state index in [-0.39, 0.29) is 23.4 Å². The average Bonchev–Trinajstić information content (AvgIpc) is 3.75. The Morgan fingerprint density at radius 2 is 1.63 bits per heavy atom. The number of aryl methyl sites for hydroxylation is 1. The van der Waals surface area contributed by atoms with Crippen LogP contribution < -0.4 is 14.8 Å². The van der Waals surface area contributed by atoms with Crippen molar-refractivity contribution in [1.29, 1.82) is 0 Å². The first kappa shape index (κ1) is 34.5. The van der Waals surface area contributed by atoms with Crippen LogP contribution in [0.4, 0.5) is 0 Å². The van der Waals surface area contributed by atoms with Gasteiger partial charge in [-0.1, -0.05) is 48.0 Å². The number of likely N-dealkylation sites (tertiary alicyclic amines) is 1. The number of nitrogens with zero attached hydrogens (tertiary/aromatic N) is 6. The zero-order valence-corrected chi connectivity index (χ0v) is 30.9. The van der Waals surface area contributed by atoms with Crippen molar-refractivity contribution in [3.8, 4) is 45.4 Å². The van der Waals surface area contributed by atoms with E-state index in [9.17, 15) is 9.59 Å². The molecule has 0 bridgehead atoms. The van der Waals surface area contributed by atoms with Crippen molar-refractivity contribution in [3.63, 3.8) is 0 Å². The van der Waals surface area contributed by atoms with Crippen molar-refractivity contribution in [2.24, 2.45) is 0 Å². The van der Waals surface area contributed by atoms with Crippen LogP contribution in [0, 0.1) is 6.92 Å². The number of methoxy groups -OCH3 is 2. The van der Waals surface area contributed by atoms with Crippen molar-refractivity contribution >= 4 is 23.4 Å². The van der Waals surface area contributed by atoms with Crippen LogP contribution in [-0.2, 0) is 22.6 Å². The van der Waals surface area contributed by atoms with Crippen LogP contribution >= 0.6 is 11.6 Å². The smallest absolute Gasteiger partial charge is 0.237 e. The average molecular weight is 722 g/mol. The largest absolute Gasteiger partial charge is 0.481 e. The minimum absolute atomic E-state index is 0.0957.